The van der Waals surface area contributed by atoms with Crippen LogP contribution in [-0.4, -0.2) is 16.5 Å². The zero-order chi connectivity index (χ0) is 17.7. The lowest BCUT2D eigenvalue weighted by Crippen LogP contribution is -2.21. The van der Waals surface area contributed by atoms with Gasteiger partial charge in [0.15, 0.2) is 0 Å². The van der Waals surface area contributed by atoms with Crippen molar-refractivity contribution in [2.75, 3.05) is 17.3 Å². The Balaban J connectivity index is 2.31. The summed E-state index contributed by atoms with van der Waals surface area (Å²) in [4.78, 5) is 8.13. The molecule has 0 aliphatic carbocycles. The monoisotopic (exact) mass is 324 g/mol. The van der Waals surface area contributed by atoms with Crippen molar-refractivity contribution < 1.29 is 0 Å². The third-order valence-electron chi connectivity index (χ3n) is 3.80. The third kappa shape index (κ3) is 4.21. The standard InChI is InChI=1S/C18H24N6/c1-12-13(7-16-14(8-19)9-21-11-23-16)5-6-15(17(12)24-20)22-10-18(2,3)4/h5-6,9,11,22,24H,7,10,20H2,1-4H3. The van der Waals surface area contributed by atoms with Crippen LogP contribution in [0.15, 0.2) is 24.7 Å². The zero-order valence-corrected chi connectivity index (χ0v) is 14.6. The van der Waals surface area contributed by atoms with Gasteiger partial charge in [-0.15, -0.1) is 0 Å². The van der Waals surface area contributed by atoms with Gasteiger partial charge in [-0.25, -0.2) is 9.97 Å². The molecule has 0 amide bonds. The summed E-state index contributed by atoms with van der Waals surface area (Å²) in [5.74, 6) is 5.74. The third-order valence-corrected chi connectivity index (χ3v) is 3.80. The molecule has 2 rings (SSSR count). The molecule has 0 saturated heterocycles. The lowest BCUT2D eigenvalue weighted by Gasteiger charge is -2.22. The molecule has 1 heterocycles. The van der Waals surface area contributed by atoms with E-state index < -0.39 is 0 Å². The van der Waals surface area contributed by atoms with Crippen LogP contribution in [0.25, 0.3) is 0 Å². The first-order chi connectivity index (χ1) is 11.4. The summed E-state index contributed by atoms with van der Waals surface area (Å²) < 4.78 is 0. The Morgan fingerprint density at radius 1 is 1.29 bits per heavy atom. The smallest absolute Gasteiger partial charge is 0.115 e. The predicted molar refractivity (Wildman–Crippen MR) is 96.5 cm³/mol. The Bertz CT molecular complexity index is 755. The van der Waals surface area contributed by atoms with Crippen molar-refractivity contribution in [3.8, 4) is 6.07 Å². The van der Waals surface area contributed by atoms with Crippen molar-refractivity contribution in [2.24, 2.45) is 11.3 Å². The van der Waals surface area contributed by atoms with Crippen molar-refractivity contribution in [3.63, 3.8) is 0 Å². The van der Waals surface area contributed by atoms with Gasteiger partial charge in [0.2, 0.25) is 0 Å². The molecule has 6 heteroatoms. The Morgan fingerprint density at radius 2 is 2.04 bits per heavy atom. The molecule has 0 radical (unpaired) electrons. The van der Waals surface area contributed by atoms with Gasteiger partial charge >= 0.3 is 0 Å². The molecule has 0 atom stereocenters. The van der Waals surface area contributed by atoms with E-state index in [0.29, 0.717) is 17.7 Å². The zero-order valence-electron chi connectivity index (χ0n) is 14.6. The number of hydrazine groups is 1. The van der Waals surface area contributed by atoms with Crippen LogP contribution in [0.2, 0.25) is 0 Å². The van der Waals surface area contributed by atoms with E-state index in [2.05, 4.69) is 47.6 Å². The maximum absolute atomic E-state index is 9.18. The summed E-state index contributed by atoms with van der Waals surface area (Å²) >= 11 is 0. The molecular weight excluding hydrogens is 300 g/mol. The summed E-state index contributed by atoms with van der Waals surface area (Å²) in [6, 6.07) is 6.19. The van der Waals surface area contributed by atoms with Crippen LogP contribution in [0, 0.1) is 23.7 Å². The predicted octanol–water partition coefficient (Wildman–Crippen LogP) is 2.99. The number of nitrogens with one attached hydrogen (secondary N) is 2. The second-order valence-corrected chi connectivity index (χ2v) is 7.00. The number of anilines is 2. The second kappa shape index (κ2) is 7.28. The first-order valence-electron chi connectivity index (χ1n) is 7.87. The summed E-state index contributed by atoms with van der Waals surface area (Å²) in [6.07, 6.45) is 3.57. The molecule has 2 aromatic rings. The fraction of sp³-hybridized carbons (Fsp3) is 0.389. The molecule has 24 heavy (non-hydrogen) atoms. The fourth-order valence-corrected chi connectivity index (χ4v) is 2.41. The highest BCUT2D eigenvalue weighted by atomic mass is 15.2. The average molecular weight is 324 g/mol. The van der Waals surface area contributed by atoms with Crippen molar-refractivity contribution in [3.05, 3.63) is 47.0 Å². The maximum atomic E-state index is 9.18. The highest BCUT2D eigenvalue weighted by Gasteiger charge is 2.15. The number of nitrogens with two attached hydrogens (primary N) is 1. The van der Waals surface area contributed by atoms with E-state index in [1.165, 1.54) is 6.33 Å². The Hall–Kier alpha value is -2.65. The molecule has 0 bridgehead atoms. The van der Waals surface area contributed by atoms with Crippen LogP contribution in [0.1, 0.15) is 43.2 Å². The summed E-state index contributed by atoms with van der Waals surface area (Å²) in [6.45, 7) is 9.38. The van der Waals surface area contributed by atoms with E-state index in [-0.39, 0.29) is 5.41 Å². The van der Waals surface area contributed by atoms with Crippen LogP contribution in [-0.2, 0) is 6.42 Å². The number of hydrogen-bond acceptors (Lipinski definition) is 6. The number of nitrogen functional groups attached to an aromatic ring is 1. The molecule has 0 saturated carbocycles. The van der Waals surface area contributed by atoms with E-state index in [9.17, 15) is 5.26 Å². The van der Waals surface area contributed by atoms with E-state index in [0.717, 1.165) is 29.0 Å². The highest BCUT2D eigenvalue weighted by molar-refractivity contribution is 5.73. The van der Waals surface area contributed by atoms with Gasteiger partial charge in [-0.2, -0.15) is 5.26 Å². The van der Waals surface area contributed by atoms with Crippen LogP contribution in [0.3, 0.4) is 0 Å². The summed E-state index contributed by atoms with van der Waals surface area (Å²) in [5, 5.41) is 12.6. The summed E-state index contributed by atoms with van der Waals surface area (Å²) in [7, 11) is 0. The van der Waals surface area contributed by atoms with Crippen LogP contribution < -0.4 is 16.6 Å². The van der Waals surface area contributed by atoms with Gasteiger partial charge in [0, 0.05) is 19.2 Å². The molecule has 0 spiro atoms. The molecule has 1 aromatic heterocycles. The van der Waals surface area contributed by atoms with E-state index >= 15 is 0 Å². The van der Waals surface area contributed by atoms with Crippen LogP contribution in [0.4, 0.5) is 11.4 Å². The molecule has 0 fully saturated rings. The van der Waals surface area contributed by atoms with Gasteiger partial charge in [-0.3, -0.25) is 5.84 Å². The number of aromatic nitrogens is 2. The number of nitriles is 1. The number of rotatable bonds is 5. The molecule has 1 aromatic carbocycles. The minimum absolute atomic E-state index is 0.168. The molecule has 6 nitrogen and oxygen atoms in total. The molecular formula is C18H24N6. The van der Waals surface area contributed by atoms with Gasteiger partial charge in [0.25, 0.3) is 0 Å². The minimum atomic E-state index is 0.168. The maximum Gasteiger partial charge on any atom is 0.115 e. The SMILES string of the molecule is Cc1c(Cc2ncncc2C#N)ccc(NCC(C)(C)C)c1NN. The first kappa shape index (κ1) is 17.7. The molecule has 4 N–H and O–H groups in total. The van der Waals surface area contributed by atoms with E-state index in [1.54, 1.807) is 6.20 Å². The molecule has 126 valence electrons. The Labute approximate surface area is 143 Å². The Morgan fingerprint density at radius 3 is 2.67 bits per heavy atom. The van der Waals surface area contributed by atoms with Crippen LogP contribution >= 0.6 is 0 Å². The highest BCUT2D eigenvalue weighted by Crippen LogP contribution is 2.30. The van der Waals surface area contributed by atoms with Gasteiger partial charge < -0.3 is 10.7 Å². The van der Waals surface area contributed by atoms with Crippen molar-refractivity contribution >= 4 is 11.4 Å². The van der Waals surface area contributed by atoms with Crippen LogP contribution in [0.5, 0.6) is 0 Å². The van der Waals surface area contributed by atoms with Gasteiger partial charge in [-0.1, -0.05) is 26.8 Å². The number of nitrogens with zero attached hydrogens (tertiary/aromatic N) is 3. The fourth-order valence-electron chi connectivity index (χ4n) is 2.41. The molecule has 0 aliphatic rings. The first-order valence-corrected chi connectivity index (χ1v) is 7.87. The van der Waals surface area contributed by atoms with Crippen molar-refractivity contribution in [2.45, 2.75) is 34.1 Å². The van der Waals surface area contributed by atoms with Gasteiger partial charge in [0.1, 0.15) is 12.4 Å². The van der Waals surface area contributed by atoms with Gasteiger partial charge in [-0.05, 0) is 29.5 Å². The van der Waals surface area contributed by atoms with Crippen molar-refractivity contribution in [1.29, 1.82) is 5.26 Å². The number of hydrogen-bond donors (Lipinski definition) is 3. The Kier molecular flexibility index (Phi) is 5.37. The van der Waals surface area contributed by atoms with Crippen molar-refractivity contribution in [1.82, 2.24) is 9.97 Å². The quantitative estimate of drug-likeness (QED) is 0.577. The summed E-state index contributed by atoms with van der Waals surface area (Å²) in [5.41, 5.74) is 8.12. The average Bonchev–Trinajstić information content (AvgIpc) is 2.54. The van der Waals surface area contributed by atoms with E-state index in [1.807, 2.05) is 19.1 Å². The van der Waals surface area contributed by atoms with Gasteiger partial charge in [0.05, 0.1) is 22.6 Å². The topological polar surface area (TPSA) is 99.6 Å². The minimum Gasteiger partial charge on any atom is -0.383 e. The lowest BCUT2D eigenvalue weighted by atomic mass is 9.96. The largest absolute Gasteiger partial charge is 0.383 e. The number of benzene rings is 1. The van der Waals surface area contributed by atoms with E-state index in [4.69, 9.17) is 5.84 Å². The molecule has 0 aliphatic heterocycles. The lowest BCUT2D eigenvalue weighted by molar-refractivity contribution is 0.443. The molecule has 0 unspecified atom stereocenters. The second-order valence-electron chi connectivity index (χ2n) is 7.00. The normalized spacial score (nSPS) is 11.0.